The van der Waals surface area contributed by atoms with E-state index in [0.717, 1.165) is 6.42 Å². The maximum atomic E-state index is 12.0. The summed E-state index contributed by atoms with van der Waals surface area (Å²) in [5.41, 5.74) is 1.11. The number of ether oxygens (including phenoxy) is 1. The second kappa shape index (κ2) is 6.05. The second-order valence-electron chi connectivity index (χ2n) is 4.29. The zero-order chi connectivity index (χ0) is 13.7. The van der Waals surface area contributed by atoms with Gasteiger partial charge in [-0.05, 0) is 18.6 Å². The zero-order valence-electron chi connectivity index (χ0n) is 10.8. The van der Waals surface area contributed by atoms with Crippen molar-refractivity contribution in [1.82, 2.24) is 4.90 Å². The molecule has 1 aliphatic heterocycles. The van der Waals surface area contributed by atoms with E-state index in [1.54, 1.807) is 18.2 Å². The fraction of sp³-hybridized carbons (Fsp3) is 0.333. The molecule has 1 aromatic carbocycles. The van der Waals surface area contributed by atoms with Crippen LogP contribution >= 0.6 is 0 Å². The lowest BCUT2D eigenvalue weighted by molar-refractivity contribution is -0.132. The molecule has 0 N–H and O–H groups in total. The van der Waals surface area contributed by atoms with Crippen LogP contribution in [0.15, 0.2) is 24.3 Å². The summed E-state index contributed by atoms with van der Waals surface area (Å²) in [6.07, 6.45) is 1.46. The highest BCUT2D eigenvalue weighted by Gasteiger charge is 2.15. The van der Waals surface area contributed by atoms with Gasteiger partial charge in [0, 0.05) is 25.5 Å². The van der Waals surface area contributed by atoms with E-state index in [1.165, 1.54) is 11.8 Å². The van der Waals surface area contributed by atoms with Crippen LogP contribution < -0.4 is 0 Å². The second-order valence-corrected chi connectivity index (χ2v) is 4.29. The van der Waals surface area contributed by atoms with E-state index in [2.05, 4.69) is 11.8 Å². The number of hydrogen-bond donors (Lipinski definition) is 0. The molecule has 0 saturated heterocycles. The van der Waals surface area contributed by atoms with E-state index in [-0.39, 0.29) is 12.6 Å². The highest BCUT2D eigenvalue weighted by Crippen LogP contribution is 2.10. The summed E-state index contributed by atoms with van der Waals surface area (Å²) in [6.45, 7) is 2.00. The normalized spacial score (nSPS) is 15.4. The Labute approximate surface area is 112 Å². The Kier molecular flexibility index (Phi) is 4.19. The van der Waals surface area contributed by atoms with Crippen LogP contribution in [-0.2, 0) is 9.53 Å². The summed E-state index contributed by atoms with van der Waals surface area (Å²) < 4.78 is 5.17. The first-order valence-corrected chi connectivity index (χ1v) is 6.19. The lowest BCUT2D eigenvalue weighted by atomic mass is 10.1. The van der Waals surface area contributed by atoms with Crippen LogP contribution in [0.4, 0.5) is 0 Å². The minimum atomic E-state index is -0.446. The van der Waals surface area contributed by atoms with Crippen molar-refractivity contribution < 1.29 is 14.3 Å². The molecule has 0 radical (unpaired) electrons. The number of cyclic esters (lactones) is 1. The highest BCUT2D eigenvalue weighted by molar-refractivity contribution is 5.92. The summed E-state index contributed by atoms with van der Waals surface area (Å²) in [6, 6.07) is 7.08. The third-order valence-electron chi connectivity index (χ3n) is 2.90. The van der Waals surface area contributed by atoms with Gasteiger partial charge in [0.05, 0.1) is 5.56 Å². The zero-order valence-corrected chi connectivity index (χ0v) is 10.8. The van der Waals surface area contributed by atoms with Gasteiger partial charge in [0.1, 0.15) is 0 Å². The summed E-state index contributed by atoms with van der Waals surface area (Å²) in [5, 5.41) is 0. The number of carbonyl (C=O) groups excluding carboxylic acids is 2. The number of rotatable bonds is 0. The third-order valence-corrected chi connectivity index (χ3v) is 2.90. The molecule has 4 heteroatoms. The Balaban J connectivity index is 2.26. The number of esters is 1. The quantitative estimate of drug-likeness (QED) is 0.526. The van der Waals surface area contributed by atoms with Gasteiger partial charge in [0.25, 0.3) is 0 Å². The van der Waals surface area contributed by atoms with Gasteiger partial charge in [-0.15, -0.1) is 0 Å². The fourth-order valence-corrected chi connectivity index (χ4v) is 1.81. The van der Waals surface area contributed by atoms with E-state index < -0.39 is 5.97 Å². The maximum absolute atomic E-state index is 12.0. The number of fused-ring (bicyclic) bond motifs is 1. The molecule has 1 amide bonds. The highest BCUT2D eigenvalue weighted by atomic mass is 16.5. The van der Waals surface area contributed by atoms with Gasteiger partial charge in [0.15, 0.2) is 6.73 Å². The lowest BCUT2D eigenvalue weighted by Crippen LogP contribution is -2.33. The third kappa shape index (κ3) is 3.35. The van der Waals surface area contributed by atoms with Crippen molar-refractivity contribution >= 4 is 11.9 Å². The molecule has 2 rings (SSSR count). The van der Waals surface area contributed by atoms with Crippen LogP contribution in [0, 0.1) is 11.8 Å². The molecule has 0 fully saturated rings. The van der Waals surface area contributed by atoms with Crippen molar-refractivity contribution in [3.63, 3.8) is 0 Å². The van der Waals surface area contributed by atoms with Crippen molar-refractivity contribution in [2.75, 3.05) is 13.3 Å². The Bertz CT molecular complexity index is 554. The summed E-state index contributed by atoms with van der Waals surface area (Å²) >= 11 is 0. The first-order valence-electron chi connectivity index (χ1n) is 6.19. The van der Waals surface area contributed by atoms with Crippen LogP contribution in [0.25, 0.3) is 0 Å². The lowest BCUT2D eigenvalue weighted by Gasteiger charge is -2.20. The van der Waals surface area contributed by atoms with Gasteiger partial charge < -0.3 is 9.64 Å². The van der Waals surface area contributed by atoms with Gasteiger partial charge in [-0.1, -0.05) is 24.0 Å². The summed E-state index contributed by atoms with van der Waals surface area (Å²) in [7, 11) is 0. The monoisotopic (exact) mass is 257 g/mol. The molecule has 19 heavy (non-hydrogen) atoms. The summed E-state index contributed by atoms with van der Waals surface area (Å²) in [4.78, 5) is 24.9. The molecule has 0 aromatic heterocycles. The Morgan fingerprint density at radius 3 is 2.95 bits per heavy atom. The van der Waals surface area contributed by atoms with Crippen molar-refractivity contribution in [2.45, 2.75) is 19.8 Å². The summed E-state index contributed by atoms with van der Waals surface area (Å²) in [5.74, 6) is 5.45. The first-order chi connectivity index (χ1) is 9.18. The Morgan fingerprint density at radius 2 is 2.16 bits per heavy atom. The maximum Gasteiger partial charge on any atom is 0.341 e. The van der Waals surface area contributed by atoms with E-state index in [1.807, 2.05) is 6.07 Å². The van der Waals surface area contributed by atoms with Crippen LogP contribution in [0.3, 0.4) is 0 Å². The van der Waals surface area contributed by atoms with E-state index in [4.69, 9.17) is 4.74 Å². The van der Waals surface area contributed by atoms with Crippen molar-refractivity contribution in [3.8, 4) is 11.8 Å². The molecule has 0 spiro atoms. The topological polar surface area (TPSA) is 46.6 Å². The molecule has 1 aromatic rings. The van der Waals surface area contributed by atoms with Gasteiger partial charge in [0.2, 0.25) is 5.91 Å². The SMILES string of the molecule is CC(=O)N1CCCC#Cc2ccccc2C(=O)OC1. The van der Waals surface area contributed by atoms with Crippen molar-refractivity contribution in [2.24, 2.45) is 0 Å². The molecule has 0 unspecified atom stereocenters. The van der Waals surface area contributed by atoms with Gasteiger partial charge in [-0.2, -0.15) is 0 Å². The van der Waals surface area contributed by atoms with Crippen LogP contribution in [0.2, 0.25) is 0 Å². The van der Waals surface area contributed by atoms with Crippen molar-refractivity contribution in [3.05, 3.63) is 35.4 Å². The van der Waals surface area contributed by atoms with Crippen LogP contribution in [-0.4, -0.2) is 30.1 Å². The molecule has 4 nitrogen and oxygen atoms in total. The minimum absolute atomic E-state index is 0.0114. The molecule has 1 heterocycles. The standard InChI is InChI=1S/C15H15NO3/c1-12(17)16-10-6-2-3-7-13-8-4-5-9-14(13)15(18)19-11-16/h4-5,8-9H,2,6,10-11H2,1H3. The van der Waals surface area contributed by atoms with Crippen LogP contribution in [0.1, 0.15) is 35.7 Å². The van der Waals surface area contributed by atoms with Crippen molar-refractivity contribution in [1.29, 1.82) is 0 Å². The molecule has 0 aliphatic carbocycles. The van der Waals surface area contributed by atoms with Gasteiger partial charge >= 0.3 is 5.97 Å². The van der Waals surface area contributed by atoms with Crippen LogP contribution in [0.5, 0.6) is 0 Å². The van der Waals surface area contributed by atoms with Gasteiger partial charge in [-0.3, -0.25) is 4.79 Å². The number of hydrogen-bond acceptors (Lipinski definition) is 3. The first kappa shape index (κ1) is 13.2. The molecule has 0 saturated carbocycles. The number of benzene rings is 1. The average Bonchev–Trinajstić information content (AvgIpc) is 2.44. The number of nitrogens with zero attached hydrogens (tertiary/aromatic N) is 1. The molecular formula is C15H15NO3. The molecular weight excluding hydrogens is 242 g/mol. The number of amides is 1. The van der Waals surface area contributed by atoms with E-state index >= 15 is 0 Å². The van der Waals surface area contributed by atoms with Gasteiger partial charge in [-0.25, -0.2) is 4.79 Å². The average molecular weight is 257 g/mol. The molecule has 0 atom stereocenters. The van der Waals surface area contributed by atoms with E-state index in [0.29, 0.717) is 24.1 Å². The molecule has 98 valence electrons. The molecule has 1 aliphatic rings. The minimum Gasteiger partial charge on any atom is -0.441 e. The Hall–Kier alpha value is -2.28. The predicted octanol–water partition coefficient (Wildman–Crippen LogP) is 1.79. The number of carbonyl (C=O) groups is 2. The van der Waals surface area contributed by atoms with E-state index in [9.17, 15) is 9.59 Å². The smallest absolute Gasteiger partial charge is 0.341 e. The molecule has 0 bridgehead atoms. The predicted molar refractivity (Wildman–Crippen MR) is 70.2 cm³/mol. The Morgan fingerprint density at radius 1 is 1.37 bits per heavy atom. The largest absolute Gasteiger partial charge is 0.441 e. The fourth-order valence-electron chi connectivity index (χ4n) is 1.81.